The summed E-state index contributed by atoms with van der Waals surface area (Å²) in [6.07, 6.45) is 0. The van der Waals surface area contributed by atoms with Crippen molar-refractivity contribution in [3.05, 3.63) is 57.9 Å². The van der Waals surface area contributed by atoms with Crippen molar-refractivity contribution in [2.75, 3.05) is 0 Å². The molecule has 0 saturated carbocycles. The second-order valence-corrected chi connectivity index (χ2v) is 5.20. The van der Waals surface area contributed by atoms with Gasteiger partial charge in [0, 0.05) is 16.3 Å². The topological polar surface area (TPSA) is 25.8 Å². The van der Waals surface area contributed by atoms with Crippen molar-refractivity contribution in [1.82, 2.24) is 10.2 Å². The fourth-order valence-electron chi connectivity index (χ4n) is 1.96. The van der Waals surface area contributed by atoms with Gasteiger partial charge in [-0.25, -0.2) is 4.39 Å². The Morgan fingerprint density at radius 2 is 1.68 bits per heavy atom. The standard InChI is InChI=1S/C14H7BrClFN2/c15-11-7-3-6-10(12(11)17)13-8-4-1-2-5-9(8)14(16)19-18-13/h1-7H. The van der Waals surface area contributed by atoms with Gasteiger partial charge in [0.05, 0.1) is 4.47 Å². The summed E-state index contributed by atoms with van der Waals surface area (Å²) in [5.74, 6) is -0.357. The zero-order chi connectivity index (χ0) is 13.4. The van der Waals surface area contributed by atoms with Gasteiger partial charge in [0.25, 0.3) is 0 Å². The van der Waals surface area contributed by atoms with Crippen LogP contribution in [0.1, 0.15) is 0 Å². The van der Waals surface area contributed by atoms with Crippen molar-refractivity contribution >= 4 is 38.3 Å². The van der Waals surface area contributed by atoms with Crippen LogP contribution in [-0.4, -0.2) is 10.2 Å². The second-order valence-electron chi connectivity index (χ2n) is 3.99. The van der Waals surface area contributed by atoms with Crippen molar-refractivity contribution in [2.45, 2.75) is 0 Å². The maximum absolute atomic E-state index is 14.2. The number of fused-ring (bicyclic) bond motifs is 1. The van der Waals surface area contributed by atoms with E-state index in [1.165, 1.54) is 0 Å². The number of aromatic nitrogens is 2. The lowest BCUT2D eigenvalue weighted by Gasteiger charge is -2.07. The number of nitrogens with zero attached hydrogens (tertiary/aromatic N) is 2. The molecule has 2 nitrogen and oxygen atoms in total. The molecule has 0 unspecified atom stereocenters. The Bertz CT molecular complexity index is 776. The van der Waals surface area contributed by atoms with Crippen molar-refractivity contribution in [3.63, 3.8) is 0 Å². The summed E-state index contributed by atoms with van der Waals surface area (Å²) in [6, 6.07) is 12.5. The molecule has 0 aliphatic heterocycles. The summed E-state index contributed by atoms with van der Waals surface area (Å²) in [4.78, 5) is 0. The first-order chi connectivity index (χ1) is 9.18. The van der Waals surface area contributed by atoms with Gasteiger partial charge in [-0.15, -0.1) is 10.2 Å². The zero-order valence-corrected chi connectivity index (χ0v) is 11.9. The molecule has 0 amide bonds. The van der Waals surface area contributed by atoms with E-state index in [4.69, 9.17) is 11.6 Å². The smallest absolute Gasteiger partial charge is 0.159 e. The van der Waals surface area contributed by atoms with Gasteiger partial charge in [-0.05, 0) is 28.1 Å². The van der Waals surface area contributed by atoms with Crippen LogP contribution in [0.5, 0.6) is 0 Å². The van der Waals surface area contributed by atoms with Crippen LogP contribution in [-0.2, 0) is 0 Å². The van der Waals surface area contributed by atoms with Gasteiger partial charge in [-0.2, -0.15) is 0 Å². The summed E-state index contributed by atoms with van der Waals surface area (Å²) in [6.45, 7) is 0. The minimum atomic E-state index is -0.357. The van der Waals surface area contributed by atoms with E-state index in [1.807, 2.05) is 24.3 Å². The lowest BCUT2D eigenvalue weighted by molar-refractivity contribution is 0.624. The van der Waals surface area contributed by atoms with E-state index in [0.717, 1.165) is 10.8 Å². The lowest BCUT2D eigenvalue weighted by Crippen LogP contribution is -1.94. The van der Waals surface area contributed by atoms with Gasteiger partial charge in [0.1, 0.15) is 11.5 Å². The van der Waals surface area contributed by atoms with Crippen LogP contribution < -0.4 is 0 Å². The number of hydrogen-bond acceptors (Lipinski definition) is 2. The number of halogens is 3. The van der Waals surface area contributed by atoms with Crippen molar-refractivity contribution in [2.24, 2.45) is 0 Å². The first kappa shape index (κ1) is 12.5. The molecule has 3 rings (SSSR count). The Hall–Kier alpha value is -1.52. The molecule has 19 heavy (non-hydrogen) atoms. The zero-order valence-electron chi connectivity index (χ0n) is 9.57. The largest absolute Gasteiger partial charge is 0.205 e. The van der Waals surface area contributed by atoms with Crippen LogP contribution in [0, 0.1) is 5.82 Å². The Balaban J connectivity index is 2.38. The molecule has 0 bridgehead atoms. The highest BCUT2D eigenvalue weighted by atomic mass is 79.9. The van der Waals surface area contributed by atoms with Crippen LogP contribution in [0.3, 0.4) is 0 Å². The van der Waals surface area contributed by atoms with Crippen LogP contribution in [0.15, 0.2) is 46.9 Å². The van der Waals surface area contributed by atoms with Gasteiger partial charge in [-0.3, -0.25) is 0 Å². The molecule has 0 N–H and O–H groups in total. The highest BCUT2D eigenvalue weighted by molar-refractivity contribution is 9.10. The van der Waals surface area contributed by atoms with Crippen LogP contribution >= 0.6 is 27.5 Å². The molecule has 1 heterocycles. The Morgan fingerprint density at radius 3 is 2.47 bits per heavy atom. The van der Waals surface area contributed by atoms with Crippen LogP contribution in [0.25, 0.3) is 22.0 Å². The van der Waals surface area contributed by atoms with E-state index in [2.05, 4.69) is 26.1 Å². The highest BCUT2D eigenvalue weighted by Crippen LogP contribution is 2.32. The third-order valence-corrected chi connectivity index (χ3v) is 3.74. The Morgan fingerprint density at radius 1 is 0.947 bits per heavy atom. The maximum Gasteiger partial charge on any atom is 0.159 e. The molecule has 0 aliphatic carbocycles. The SMILES string of the molecule is Fc1c(Br)cccc1-c1nnc(Cl)c2ccccc12. The molecule has 94 valence electrons. The normalized spacial score (nSPS) is 10.9. The maximum atomic E-state index is 14.2. The molecule has 3 aromatic rings. The van der Waals surface area contributed by atoms with Gasteiger partial charge < -0.3 is 0 Å². The van der Waals surface area contributed by atoms with Crippen molar-refractivity contribution in [3.8, 4) is 11.3 Å². The fraction of sp³-hybridized carbons (Fsp3) is 0. The molecular weight excluding hydrogens is 331 g/mol. The van der Waals surface area contributed by atoms with E-state index >= 15 is 0 Å². The van der Waals surface area contributed by atoms with Crippen LogP contribution in [0.2, 0.25) is 5.15 Å². The predicted molar refractivity (Wildman–Crippen MR) is 77.6 cm³/mol. The van der Waals surface area contributed by atoms with E-state index in [-0.39, 0.29) is 5.82 Å². The minimum Gasteiger partial charge on any atom is -0.205 e. The van der Waals surface area contributed by atoms with Crippen LogP contribution in [0.4, 0.5) is 4.39 Å². The third kappa shape index (κ3) is 2.11. The van der Waals surface area contributed by atoms with E-state index < -0.39 is 0 Å². The summed E-state index contributed by atoms with van der Waals surface area (Å²) < 4.78 is 14.6. The molecule has 0 radical (unpaired) electrons. The monoisotopic (exact) mass is 336 g/mol. The molecule has 0 saturated heterocycles. The van der Waals surface area contributed by atoms with Gasteiger partial charge in [0.2, 0.25) is 0 Å². The van der Waals surface area contributed by atoms with Gasteiger partial charge in [0.15, 0.2) is 5.15 Å². The fourth-order valence-corrected chi connectivity index (χ4v) is 2.53. The molecule has 5 heteroatoms. The first-order valence-corrected chi connectivity index (χ1v) is 6.71. The summed E-state index contributed by atoms with van der Waals surface area (Å²) >= 11 is 9.18. The summed E-state index contributed by atoms with van der Waals surface area (Å²) in [7, 11) is 0. The average molecular weight is 338 g/mol. The molecule has 1 aromatic heterocycles. The third-order valence-electron chi connectivity index (χ3n) is 2.85. The molecule has 0 fully saturated rings. The molecule has 2 aromatic carbocycles. The van der Waals surface area contributed by atoms with E-state index in [0.29, 0.717) is 20.9 Å². The highest BCUT2D eigenvalue weighted by Gasteiger charge is 2.14. The number of hydrogen-bond donors (Lipinski definition) is 0. The average Bonchev–Trinajstić information content (AvgIpc) is 2.43. The molecule has 0 atom stereocenters. The van der Waals surface area contributed by atoms with E-state index in [9.17, 15) is 4.39 Å². The summed E-state index contributed by atoms with van der Waals surface area (Å²) in [5, 5.41) is 9.77. The number of benzene rings is 2. The van der Waals surface area contributed by atoms with Crippen molar-refractivity contribution in [1.29, 1.82) is 0 Å². The number of rotatable bonds is 1. The quantitative estimate of drug-likeness (QED) is 0.634. The lowest BCUT2D eigenvalue weighted by atomic mass is 10.0. The predicted octanol–water partition coefficient (Wildman–Crippen LogP) is 4.85. The minimum absolute atomic E-state index is 0.315. The summed E-state index contributed by atoms with van der Waals surface area (Å²) in [5.41, 5.74) is 0.883. The van der Waals surface area contributed by atoms with Gasteiger partial charge >= 0.3 is 0 Å². The molecule has 0 spiro atoms. The van der Waals surface area contributed by atoms with Gasteiger partial charge in [-0.1, -0.05) is 41.9 Å². The second kappa shape index (κ2) is 4.87. The Kier molecular flexibility index (Phi) is 3.21. The first-order valence-electron chi connectivity index (χ1n) is 5.54. The Labute approximate surface area is 122 Å². The molecular formula is C14H7BrClFN2. The van der Waals surface area contributed by atoms with Crippen molar-refractivity contribution < 1.29 is 4.39 Å². The van der Waals surface area contributed by atoms with E-state index in [1.54, 1.807) is 18.2 Å². The molecule has 0 aliphatic rings.